The molecule has 0 saturated carbocycles. The lowest BCUT2D eigenvalue weighted by atomic mass is 10.2. The van der Waals surface area contributed by atoms with E-state index in [0.29, 0.717) is 24.8 Å². The van der Waals surface area contributed by atoms with Gasteiger partial charge in [0.05, 0.1) is 0 Å². The average molecular weight is 260 g/mol. The highest BCUT2D eigenvalue weighted by molar-refractivity contribution is 7.91. The molecule has 1 aromatic heterocycles. The zero-order valence-corrected chi connectivity index (χ0v) is 11.5. The van der Waals surface area contributed by atoms with Crippen LogP contribution < -0.4 is 11.1 Å². The van der Waals surface area contributed by atoms with E-state index in [-0.39, 0.29) is 10.7 Å². The first kappa shape index (κ1) is 13.8. The Morgan fingerprint density at radius 1 is 1.47 bits per heavy atom. The fourth-order valence-electron chi connectivity index (χ4n) is 1.48. The second kappa shape index (κ2) is 4.95. The molecule has 6 nitrogen and oxygen atoms in total. The summed E-state index contributed by atoms with van der Waals surface area (Å²) in [6.45, 7) is 7.13. The van der Waals surface area contributed by atoms with Crippen LogP contribution in [0.25, 0.3) is 0 Å². The molecule has 1 rings (SSSR count). The van der Waals surface area contributed by atoms with Gasteiger partial charge in [-0.3, -0.25) is 0 Å². The van der Waals surface area contributed by atoms with Crippen molar-refractivity contribution in [1.82, 2.24) is 9.78 Å². The molecule has 0 atom stereocenters. The summed E-state index contributed by atoms with van der Waals surface area (Å²) in [5.74, 6) is 0.942. The van der Waals surface area contributed by atoms with E-state index >= 15 is 0 Å². The Hall–Kier alpha value is -1.24. The maximum absolute atomic E-state index is 11.7. The van der Waals surface area contributed by atoms with Crippen LogP contribution in [-0.4, -0.2) is 31.0 Å². The second-order valence-electron chi connectivity index (χ2n) is 4.43. The molecule has 0 aliphatic carbocycles. The Kier molecular flexibility index (Phi) is 4.03. The molecular formula is C10H20N4O2S. The first-order valence-electron chi connectivity index (χ1n) is 5.57. The lowest BCUT2D eigenvalue weighted by Crippen LogP contribution is -2.11. The molecule has 1 heterocycles. The Bertz CT molecular complexity index is 491. The molecule has 0 aliphatic heterocycles. The van der Waals surface area contributed by atoms with Gasteiger partial charge < -0.3 is 11.1 Å². The largest absolute Gasteiger partial charge is 0.383 e. The van der Waals surface area contributed by atoms with Crippen LogP contribution in [0.1, 0.15) is 20.8 Å². The number of hydrogen-bond donors (Lipinski definition) is 2. The van der Waals surface area contributed by atoms with Crippen molar-refractivity contribution in [3.63, 3.8) is 0 Å². The fraction of sp³-hybridized carbons (Fsp3) is 0.700. The highest BCUT2D eigenvalue weighted by Crippen LogP contribution is 2.27. The van der Waals surface area contributed by atoms with Crippen molar-refractivity contribution >= 4 is 21.5 Å². The molecule has 0 radical (unpaired) electrons. The molecule has 0 spiro atoms. The number of nitrogen functional groups attached to an aromatic ring is 1. The number of nitrogens with one attached hydrogen (secondary N) is 1. The average Bonchev–Trinajstić information content (AvgIpc) is 2.51. The maximum atomic E-state index is 11.7. The SMILES string of the molecule is CCn1nc(NCC(C)C)c(S(C)(=O)=O)c1N. The molecule has 0 unspecified atom stereocenters. The fourth-order valence-corrected chi connectivity index (χ4v) is 2.43. The Morgan fingerprint density at radius 3 is 2.47 bits per heavy atom. The van der Waals surface area contributed by atoms with E-state index in [1.165, 1.54) is 4.68 Å². The van der Waals surface area contributed by atoms with E-state index in [2.05, 4.69) is 10.4 Å². The van der Waals surface area contributed by atoms with Gasteiger partial charge in [0.1, 0.15) is 5.82 Å². The summed E-state index contributed by atoms with van der Waals surface area (Å²) in [7, 11) is -3.37. The van der Waals surface area contributed by atoms with E-state index in [0.717, 1.165) is 6.26 Å². The summed E-state index contributed by atoms with van der Waals surface area (Å²) in [5.41, 5.74) is 5.79. The molecule has 0 amide bonds. The van der Waals surface area contributed by atoms with E-state index in [9.17, 15) is 8.42 Å². The number of aryl methyl sites for hydroxylation is 1. The van der Waals surface area contributed by atoms with Gasteiger partial charge in [0.2, 0.25) is 0 Å². The van der Waals surface area contributed by atoms with Crippen LogP contribution in [0, 0.1) is 5.92 Å². The monoisotopic (exact) mass is 260 g/mol. The second-order valence-corrected chi connectivity index (χ2v) is 6.38. The van der Waals surface area contributed by atoms with Crippen molar-refractivity contribution in [2.24, 2.45) is 5.92 Å². The molecular weight excluding hydrogens is 240 g/mol. The molecule has 0 aliphatic rings. The molecule has 0 bridgehead atoms. The smallest absolute Gasteiger partial charge is 0.182 e. The number of anilines is 2. The van der Waals surface area contributed by atoms with Gasteiger partial charge in [-0.1, -0.05) is 13.8 Å². The van der Waals surface area contributed by atoms with Crippen molar-refractivity contribution in [1.29, 1.82) is 0 Å². The maximum Gasteiger partial charge on any atom is 0.182 e. The third-order valence-electron chi connectivity index (χ3n) is 2.29. The Morgan fingerprint density at radius 2 is 2.06 bits per heavy atom. The van der Waals surface area contributed by atoms with E-state index in [4.69, 9.17) is 5.73 Å². The van der Waals surface area contributed by atoms with Crippen LogP contribution in [0.5, 0.6) is 0 Å². The normalized spacial score (nSPS) is 12.1. The molecule has 1 aromatic rings. The van der Waals surface area contributed by atoms with E-state index in [1.807, 2.05) is 20.8 Å². The van der Waals surface area contributed by atoms with Crippen LogP contribution in [0.4, 0.5) is 11.6 Å². The van der Waals surface area contributed by atoms with Gasteiger partial charge in [-0.05, 0) is 12.8 Å². The van der Waals surface area contributed by atoms with Crippen molar-refractivity contribution < 1.29 is 8.42 Å². The summed E-state index contributed by atoms with van der Waals surface area (Å²) >= 11 is 0. The zero-order chi connectivity index (χ0) is 13.2. The number of hydrogen-bond acceptors (Lipinski definition) is 5. The predicted molar refractivity (Wildman–Crippen MR) is 68.8 cm³/mol. The molecule has 0 saturated heterocycles. The van der Waals surface area contributed by atoms with E-state index < -0.39 is 9.84 Å². The zero-order valence-electron chi connectivity index (χ0n) is 10.7. The topological polar surface area (TPSA) is 90.0 Å². The number of aromatic nitrogens is 2. The molecule has 7 heteroatoms. The summed E-state index contributed by atoms with van der Waals surface area (Å²) in [5, 5.41) is 7.19. The molecule has 98 valence electrons. The molecule has 17 heavy (non-hydrogen) atoms. The summed E-state index contributed by atoms with van der Waals surface area (Å²) in [6.07, 6.45) is 1.14. The van der Waals surface area contributed by atoms with Crippen LogP contribution in [0.15, 0.2) is 4.90 Å². The van der Waals surface area contributed by atoms with Gasteiger partial charge in [-0.2, -0.15) is 5.10 Å². The van der Waals surface area contributed by atoms with Crippen LogP contribution in [0.3, 0.4) is 0 Å². The standard InChI is InChI=1S/C10H20N4O2S/c1-5-14-9(11)8(17(4,15)16)10(13-14)12-6-7(2)3/h7H,5-6,11H2,1-4H3,(H,12,13). The van der Waals surface area contributed by atoms with Gasteiger partial charge in [-0.25, -0.2) is 13.1 Å². The van der Waals surface area contributed by atoms with Gasteiger partial charge in [-0.15, -0.1) is 0 Å². The minimum atomic E-state index is -3.37. The minimum Gasteiger partial charge on any atom is -0.383 e. The number of nitrogens with two attached hydrogens (primary N) is 1. The number of nitrogens with zero attached hydrogens (tertiary/aromatic N) is 2. The summed E-state index contributed by atoms with van der Waals surface area (Å²) in [6, 6.07) is 0. The van der Waals surface area contributed by atoms with Crippen molar-refractivity contribution in [2.45, 2.75) is 32.2 Å². The first-order chi connectivity index (χ1) is 7.77. The third kappa shape index (κ3) is 3.12. The Balaban J connectivity index is 3.20. The van der Waals surface area contributed by atoms with Crippen molar-refractivity contribution in [3.05, 3.63) is 0 Å². The third-order valence-corrected chi connectivity index (χ3v) is 3.44. The van der Waals surface area contributed by atoms with Crippen molar-refractivity contribution in [2.75, 3.05) is 23.9 Å². The Labute approximate surface area is 102 Å². The predicted octanol–water partition coefficient (Wildman–Crippen LogP) is 0.957. The highest BCUT2D eigenvalue weighted by atomic mass is 32.2. The number of sulfone groups is 1. The van der Waals surface area contributed by atoms with Crippen molar-refractivity contribution in [3.8, 4) is 0 Å². The molecule has 3 N–H and O–H groups in total. The summed E-state index contributed by atoms with van der Waals surface area (Å²) in [4.78, 5) is 0.0972. The lowest BCUT2D eigenvalue weighted by molar-refractivity contribution is 0.602. The highest BCUT2D eigenvalue weighted by Gasteiger charge is 2.23. The van der Waals surface area contributed by atoms with Gasteiger partial charge in [0.15, 0.2) is 20.6 Å². The first-order valence-corrected chi connectivity index (χ1v) is 7.46. The minimum absolute atomic E-state index is 0.0972. The molecule has 0 aromatic carbocycles. The quantitative estimate of drug-likeness (QED) is 0.823. The van der Waals surface area contributed by atoms with E-state index in [1.54, 1.807) is 0 Å². The van der Waals surface area contributed by atoms with Crippen LogP contribution >= 0.6 is 0 Å². The van der Waals surface area contributed by atoms with Gasteiger partial charge in [0, 0.05) is 19.3 Å². The van der Waals surface area contributed by atoms with Gasteiger partial charge >= 0.3 is 0 Å². The van der Waals surface area contributed by atoms with Crippen LogP contribution in [-0.2, 0) is 16.4 Å². The van der Waals surface area contributed by atoms with Crippen LogP contribution in [0.2, 0.25) is 0 Å². The summed E-state index contributed by atoms with van der Waals surface area (Å²) < 4.78 is 24.8. The van der Waals surface area contributed by atoms with Gasteiger partial charge in [0.25, 0.3) is 0 Å². The molecule has 0 fully saturated rings. The lowest BCUT2D eigenvalue weighted by Gasteiger charge is -2.07. The number of rotatable bonds is 5.